The number of nitrogens with one attached hydrogen (secondary N) is 1. The molecule has 1 atom stereocenters. The second kappa shape index (κ2) is 4.83. The third-order valence-corrected chi connectivity index (χ3v) is 4.48. The van der Waals surface area contributed by atoms with Crippen molar-refractivity contribution in [3.8, 4) is 0 Å². The van der Waals surface area contributed by atoms with Crippen LogP contribution in [0.25, 0.3) is 10.1 Å². The van der Waals surface area contributed by atoms with E-state index in [9.17, 15) is 0 Å². The summed E-state index contributed by atoms with van der Waals surface area (Å²) in [6, 6.07) is 10.9. The van der Waals surface area contributed by atoms with Crippen LogP contribution < -0.4 is 5.32 Å². The normalized spacial score (nSPS) is 13.0. The monoisotopic (exact) mass is 271 g/mol. The van der Waals surface area contributed by atoms with Gasteiger partial charge in [-0.25, -0.2) is 0 Å². The molecule has 0 bridgehead atoms. The molecule has 1 unspecified atom stereocenters. The predicted octanol–water partition coefficient (Wildman–Crippen LogP) is 4.42. The molecule has 3 heteroatoms. The third-order valence-electron chi connectivity index (χ3n) is 3.50. The Labute approximate surface area is 117 Å². The summed E-state index contributed by atoms with van der Waals surface area (Å²) >= 11 is 1.79. The number of benzene rings is 1. The fourth-order valence-electron chi connectivity index (χ4n) is 2.64. The Morgan fingerprint density at radius 3 is 2.63 bits per heavy atom. The smallest absolute Gasteiger partial charge is 0.106 e. The maximum atomic E-state index is 5.67. The Morgan fingerprint density at radius 1 is 1.16 bits per heavy atom. The van der Waals surface area contributed by atoms with Crippen LogP contribution in [0.2, 0.25) is 0 Å². The van der Waals surface area contributed by atoms with Gasteiger partial charge in [0.15, 0.2) is 0 Å². The summed E-state index contributed by atoms with van der Waals surface area (Å²) in [5.74, 6) is 1.96. The summed E-state index contributed by atoms with van der Waals surface area (Å²) in [4.78, 5) is 0. The molecule has 3 rings (SSSR count). The molecule has 0 amide bonds. The second-order valence-electron chi connectivity index (χ2n) is 4.78. The largest absolute Gasteiger partial charge is 0.466 e. The average molecular weight is 271 g/mol. The van der Waals surface area contributed by atoms with E-state index in [1.807, 2.05) is 20.9 Å². The Kier molecular flexibility index (Phi) is 3.17. The van der Waals surface area contributed by atoms with Gasteiger partial charge in [-0.1, -0.05) is 18.2 Å². The SMILES string of the molecule is CNC(c1cc(C)oc1C)c1csc2ccccc12. The molecule has 0 spiro atoms. The molecule has 0 fully saturated rings. The highest BCUT2D eigenvalue weighted by molar-refractivity contribution is 7.17. The van der Waals surface area contributed by atoms with Crippen LogP contribution >= 0.6 is 11.3 Å². The molecule has 3 aromatic rings. The minimum Gasteiger partial charge on any atom is -0.466 e. The van der Waals surface area contributed by atoms with Crippen LogP contribution in [0.5, 0.6) is 0 Å². The lowest BCUT2D eigenvalue weighted by atomic mass is 9.98. The van der Waals surface area contributed by atoms with Crippen molar-refractivity contribution in [2.75, 3.05) is 7.05 Å². The lowest BCUT2D eigenvalue weighted by Gasteiger charge is -2.15. The van der Waals surface area contributed by atoms with Gasteiger partial charge in [-0.05, 0) is 49.4 Å². The van der Waals surface area contributed by atoms with Gasteiger partial charge >= 0.3 is 0 Å². The first-order valence-corrected chi connectivity index (χ1v) is 7.29. The summed E-state index contributed by atoms with van der Waals surface area (Å²) < 4.78 is 7.00. The summed E-state index contributed by atoms with van der Waals surface area (Å²) in [6.45, 7) is 4.02. The van der Waals surface area contributed by atoms with Crippen molar-refractivity contribution >= 4 is 21.4 Å². The van der Waals surface area contributed by atoms with E-state index >= 15 is 0 Å². The molecule has 0 saturated carbocycles. The summed E-state index contributed by atoms with van der Waals surface area (Å²) in [5, 5.41) is 6.98. The first kappa shape index (κ1) is 12.5. The first-order chi connectivity index (χ1) is 9.20. The topological polar surface area (TPSA) is 25.2 Å². The number of aryl methyl sites for hydroxylation is 2. The van der Waals surface area contributed by atoms with Gasteiger partial charge in [0, 0.05) is 10.3 Å². The molecule has 1 aromatic carbocycles. The van der Waals surface area contributed by atoms with Crippen LogP contribution in [0.4, 0.5) is 0 Å². The van der Waals surface area contributed by atoms with E-state index in [4.69, 9.17) is 4.42 Å². The van der Waals surface area contributed by atoms with Crippen molar-refractivity contribution in [1.29, 1.82) is 0 Å². The standard InChI is InChI=1S/C16H17NOS/c1-10-8-13(11(2)18-10)16(17-3)14-9-19-15-7-5-4-6-12(14)15/h4-9,16-17H,1-3H3. The molecule has 0 aliphatic rings. The van der Waals surface area contributed by atoms with Crippen LogP contribution in [0.3, 0.4) is 0 Å². The minimum atomic E-state index is 0.189. The Morgan fingerprint density at radius 2 is 1.95 bits per heavy atom. The van der Waals surface area contributed by atoms with Crippen molar-refractivity contribution in [1.82, 2.24) is 5.32 Å². The number of furan rings is 1. The molecule has 0 aliphatic carbocycles. The molecule has 0 aliphatic heterocycles. The minimum absolute atomic E-state index is 0.189. The molecular weight excluding hydrogens is 254 g/mol. The maximum Gasteiger partial charge on any atom is 0.106 e. The van der Waals surface area contributed by atoms with Crippen LogP contribution in [-0.4, -0.2) is 7.05 Å². The Bertz CT molecular complexity index is 710. The summed E-state index contributed by atoms with van der Waals surface area (Å²) in [6.07, 6.45) is 0. The van der Waals surface area contributed by atoms with Crippen molar-refractivity contribution < 1.29 is 4.42 Å². The van der Waals surface area contributed by atoms with E-state index in [-0.39, 0.29) is 6.04 Å². The number of hydrogen-bond acceptors (Lipinski definition) is 3. The van der Waals surface area contributed by atoms with Crippen molar-refractivity contribution in [2.24, 2.45) is 0 Å². The molecule has 0 radical (unpaired) electrons. The van der Waals surface area contributed by atoms with Crippen molar-refractivity contribution in [3.63, 3.8) is 0 Å². The zero-order valence-corrected chi connectivity index (χ0v) is 12.2. The first-order valence-electron chi connectivity index (χ1n) is 6.41. The van der Waals surface area contributed by atoms with E-state index < -0.39 is 0 Å². The lowest BCUT2D eigenvalue weighted by Crippen LogP contribution is -2.17. The van der Waals surface area contributed by atoms with E-state index in [1.54, 1.807) is 11.3 Å². The van der Waals surface area contributed by atoms with Crippen LogP contribution in [-0.2, 0) is 0 Å². The van der Waals surface area contributed by atoms with Gasteiger partial charge in [0.25, 0.3) is 0 Å². The van der Waals surface area contributed by atoms with Gasteiger partial charge in [-0.3, -0.25) is 0 Å². The highest BCUT2D eigenvalue weighted by Crippen LogP contribution is 2.35. The van der Waals surface area contributed by atoms with Gasteiger partial charge in [-0.15, -0.1) is 11.3 Å². The summed E-state index contributed by atoms with van der Waals surface area (Å²) in [7, 11) is 2.00. The van der Waals surface area contributed by atoms with Gasteiger partial charge in [-0.2, -0.15) is 0 Å². The van der Waals surface area contributed by atoms with Crippen LogP contribution in [0.15, 0.2) is 40.1 Å². The molecule has 2 nitrogen and oxygen atoms in total. The van der Waals surface area contributed by atoms with Crippen molar-refractivity contribution in [2.45, 2.75) is 19.9 Å². The van der Waals surface area contributed by atoms with Crippen molar-refractivity contribution in [3.05, 3.63) is 58.4 Å². The molecule has 0 saturated heterocycles. The lowest BCUT2D eigenvalue weighted by molar-refractivity contribution is 0.497. The third kappa shape index (κ3) is 2.09. The van der Waals surface area contributed by atoms with E-state index in [1.165, 1.54) is 21.2 Å². The quantitative estimate of drug-likeness (QED) is 0.763. The number of hydrogen-bond donors (Lipinski definition) is 1. The van der Waals surface area contributed by atoms with E-state index in [0.29, 0.717) is 0 Å². The molecule has 98 valence electrons. The van der Waals surface area contributed by atoms with E-state index in [0.717, 1.165) is 11.5 Å². The molecular formula is C16H17NOS. The molecule has 2 aromatic heterocycles. The van der Waals surface area contributed by atoms with Crippen LogP contribution in [0, 0.1) is 13.8 Å². The molecule has 2 heterocycles. The number of fused-ring (bicyclic) bond motifs is 1. The summed E-state index contributed by atoms with van der Waals surface area (Å²) in [5.41, 5.74) is 2.55. The van der Waals surface area contributed by atoms with Gasteiger partial charge in [0.05, 0.1) is 6.04 Å². The maximum absolute atomic E-state index is 5.67. The fourth-order valence-corrected chi connectivity index (χ4v) is 3.62. The predicted molar refractivity (Wildman–Crippen MR) is 80.9 cm³/mol. The Balaban J connectivity index is 2.15. The molecule has 1 N–H and O–H groups in total. The van der Waals surface area contributed by atoms with Crippen LogP contribution in [0.1, 0.15) is 28.7 Å². The highest BCUT2D eigenvalue weighted by Gasteiger charge is 2.20. The number of thiophene rings is 1. The van der Waals surface area contributed by atoms with Gasteiger partial charge < -0.3 is 9.73 Å². The van der Waals surface area contributed by atoms with Gasteiger partial charge in [0.2, 0.25) is 0 Å². The fraction of sp³-hybridized carbons (Fsp3) is 0.250. The van der Waals surface area contributed by atoms with E-state index in [2.05, 4.69) is 41.0 Å². The van der Waals surface area contributed by atoms with Gasteiger partial charge in [0.1, 0.15) is 11.5 Å². The number of rotatable bonds is 3. The Hall–Kier alpha value is -1.58. The second-order valence-corrected chi connectivity index (χ2v) is 5.69. The molecule has 19 heavy (non-hydrogen) atoms. The highest BCUT2D eigenvalue weighted by atomic mass is 32.1. The zero-order chi connectivity index (χ0) is 13.4. The average Bonchev–Trinajstić information content (AvgIpc) is 2.96. The zero-order valence-electron chi connectivity index (χ0n) is 11.4.